The van der Waals surface area contributed by atoms with Crippen LogP contribution in [0.2, 0.25) is 0 Å². The summed E-state index contributed by atoms with van der Waals surface area (Å²) in [4.78, 5) is 38.6. The summed E-state index contributed by atoms with van der Waals surface area (Å²) in [5, 5.41) is 3.87. The first-order valence-corrected chi connectivity index (χ1v) is 11.3. The van der Waals surface area contributed by atoms with Gasteiger partial charge < -0.3 is 15.2 Å². The molecule has 170 valence electrons. The van der Waals surface area contributed by atoms with E-state index in [4.69, 9.17) is 0 Å². The molecular weight excluding hydrogens is 426 g/mol. The Balaban J connectivity index is 1.44. The molecule has 3 aromatic heterocycles. The first-order chi connectivity index (χ1) is 16.6. The number of hydrogen-bond acceptors (Lipinski definition) is 4. The molecule has 34 heavy (non-hydrogen) atoms. The molecule has 2 N–H and O–H groups in total. The largest absolute Gasteiger partial charge is 0.346 e. The number of H-pyrrole nitrogens is 1. The molecule has 0 spiro atoms. The van der Waals surface area contributed by atoms with Gasteiger partial charge in [0.2, 0.25) is 5.91 Å². The number of benzene rings is 1. The van der Waals surface area contributed by atoms with Crippen molar-refractivity contribution in [2.75, 3.05) is 18.4 Å². The zero-order chi connectivity index (χ0) is 23.5. The normalized spacial score (nSPS) is 15.8. The van der Waals surface area contributed by atoms with Crippen molar-refractivity contribution in [2.45, 2.75) is 18.8 Å². The van der Waals surface area contributed by atoms with Crippen LogP contribution >= 0.6 is 0 Å². The van der Waals surface area contributed by atoms with E-state index < -0.39 is 0 Å². The number of carbonyl (C=O) groups is 2. The molecule has 5 rings (SSSR count). The molecule has 0 saturated carbocycles. The highest BCUT2D eigenvalue weighted by Crippen LogP contribution is 2.37. The number of pyridine rings is 2. The van der Waals surface area contributed by atoms with Gasteiger partial charge in [-0.15, -0.1) is 0 Å². The third-order valence-electron chi connectivity index (χ3n) is 6.32. The van der Waals surface area contributed by atoms with Gasteiger partial charge in [-0.25, -0.2) is 9.97 Å². The zero-order valence-corrected chi connectivity index (χ0v) is 18.7. The number of aromatic nitrogens is 3. The molecule has 2 amide bonds. The molecule has 7 nitrogen and oxygen atoms in total. The lowest BCUT2D eigenvalue weighted by Gasteiger charge is -2.32. The average molecular weight is 452 g/mol. The molecule has 1 aliphatic heterocycles. The molecule has 0 bridgehead atoms. The zero-order valence-electron chi connectivity index (χ0n) is 18.7. The number of nitrogens with one attached hydrogen (secondary N) is 2. The smallest absolute Gasteiger partial charge is 0.256 e. The van der Waals surface area contributed by atoms with Crippen LogP contribution in [0.25, 0.3) is 22.2 Å². The van der Waals surface area contributed by atoms with Gasteiger partial charge in [0.15, 0.2) is 0 Å². The van der Waals surface area contributed by atoms with Gasteiger partial charge in [0.25, 0.3) is 5.91 Å². The van der Waals surface area contributed by atoms with Crippen molar-refractivity contribution in [3.8, 4) is 11.1 Å². The van der Waals surface area contributed by atoms with Crippen LogP contribution < -0.4 is 5.32 Å². The number of nitrogens with zero attached hydrogens (tertiary/aromatic N) is 3. The summed E-state index contributed by atoms with van der Waals surface area (Å²) in [6.07, 6.45) is 8.76. The van der Waals surface area contributed by atoms with Crippen molar-refractivity contribution in [2.24, 2.45) is 0 Å². The Morgan fingerprint density at radius 1 is 1.09 bits per heavy atom. The minimum Gasteiger partial charge on any atom is -0.346 e. The minimum absolute atomic E-state index is 0.0242. The van der Waals surface area contributed by atoms with E-state index in [1.165, 1.54) is 11.6 Å². The lowest BCUT2D eigenvalue weighted by Crippen LogP contribution is -2.38. The van der Waals surface area contributed by atoms with Gasteiger partial charge in [-0.05, 0) is 60.4 Å². The van der Waals surface area contributed by atoms with Crippen LogP contribution in [-0.4, -0.2) is 44.8 Å². The number of likely N-dealkylation sites (tertiary alicyclic amines) is 1. The molecule has 4 heterocycles. The molecule has 1 aliphatic rings. The fraction of sp³-hybridized carbons (Fsp3) is 0.185. The molecule has 1 saturated heterocycles. The lowest BCUT2D eigenvalue weighted by atomic mass is 9.87. The van der Waals surface area contributed by atoms with Gasteiger partial charge in [-0.1, -0.05) is 24.8 Å². The summed E-state index contributed by atoms with van der Waals surface area (Å²) < 4.78 is 0. The van der Waals surface area contributed by atoms with Gasteiger partial charge in [0.05, 0.1) is 0 Å². The Hall–Kier alpha value is -4.26. The molecule has 7 heteroatoms. The number of aromatic amines is 1. The number of amides is 2. The summed E-state index contributed by atoms with van der Waals surface area (Å²) in [6.45, 7) is 5.06. The van der Waals surface area contributed by atoms with E-state index in [1.54, 1.807) is 18.3 Å². The predicted molar refractivity (Wildman–Crippen MR) is 132 cm³/mol. The van der Waals surface area contributed by atoms with Crippen molar-refractivity contribution in [3.63, 3.8) is 0 Å². The second-order valence-corrected chi connectivity index (χ2v) is 8.40. The van der Waals surface area contributed by atoms with Crippen molar-refractivity contribution in [1.29, 1.82) is 0 Å². The summed E-state index contributed by atoms with van der Waals surface area (Å²) in [6, 6.07) is 15.0. The SMILES string of the molecule is C=CC(=O)N1CCCC(c2ccnc3[nH]cc(-c4ccc(C(=O)Nc5ccccn5)cc4)c23)C1. The average Bonchev–Trinajstić information content (AvgIpc) is 3.33. The third kappa shape index (κ3) is 4.20. The Morgan fingerprint density at radius 2 is 1.94 bits per heavy atom. The van der Waals surface area contributed by atoms with Crippen LogP contribution in [0.5, 0.6) is 0 Å². The fourth-order valence-electron chi connectivity index (χ4n) is 4.64. The summed E-state index contributed by atoms with van der Waals surface area (Å²) in [5.41, 5.74) is 4.57. The molecular formula is C27H25N5O2. The van der Waals surface area contributed by atoms with Gasteiger partial charge in [0, 0.05) is 54.1 Å². The second-order valence-electron chi connectivity index (χ2n) is 8.40. The highest BCUT2D eigenvalue weighted by atomic mass is 16.2. The first-order valence-electron chi connectivity index (χ1n) is 11.3. The van der Waals surface area contributed by atoms with Crippen molar-refractivity contribution in [3.05, 3.63) is 90.9 Å². The van der Waals surface area contributed by atoms with E-state index in [0.29, 0.717) is 17.9 Å². The van der Waals surface area contributed by atoms with Crippen LogP contribution in [0.15, 0.2) is 79.8 Å². The van der Waals surface area contributed by atoms with Crippen molar-refractivity contribution >= 4 is 28.7 Å². The van der Waals surface area contributed by atoms with E-state index in [9.17, 15) is 9.59 Å². The molecule has 1 atom stereocenters. The molecule has 4 aromatic rings. The van der Waals surface area contributed by atoms with E-state index in [1.807, 2.05) is 47.6 Å². The Bertz CT molecular complexity index is 1340. The Kier molecular flexibility index (Phi) is 5.91. The Morgan fingerprint density at radius 3 is 2.71 bits per heavy atom. The number of rotatable bonds is 5. The van der Waals surface area contributed by atoms with Crippen LogP contribution in [0.4, 0.5) is 5.82 Å². The number of carbonyl (C=O) groups excluding carboxylic acids is 2. The van der Waals surface area contributed by atoms with Crippen molar-refractivity contribution in [1.82, 2.24) is 19.9 Å². The van der Waals surface area contributed by atoms with Crippen LogP contribution in [0, 0.1) is 0 Å². The highest BCUT2D eigenvalue weighted by molar-refractivity contribution is 6.04. The number of hydrogen-bond donors (Lipinski definition) is 2. The first kappa shape index (κ1) is 21.6. The number of anilines is 1. The van der Waals surface area contributed by atoms with Gasteiger partial charge in [0.1, 0.15) is 11.5 Å². The summed E-state index contributed by atoms with van der Waals surface area (Å²) >= 11 is 0. The van der Waals surface area contributed by atoms with E-state index >= 15 is 0 Å². The Labute approximate surface area is 197 Å². The molecule has 1 fully saturated rings. The molecule has 1 aromatic carbocycles. The summed E-state index contributed by atoms with van der Waals surface area (Å²) in [5.74, 6) is 0.506. The maximum Gasteiger partial charge on any atom is 0.256 e. The molecule has 0 radical (unpaired) electrons. The van der Waals surface area contributed by atoms with E-state index in [0.717, 1.165) is 41.5 Å². The van der Waals surface area contributed by atoms with E-state index in [2.05, 4.69) is 32.9 Å². The molecule has 1 unspecified atom stereocenters. The topological polar surface area (TPSA) is 91.0 Å². The lowest BCUT2D eigenvalue weighted by molar-refractivity contribution is -0.127. The monoisotopic (exact) mass is 451 g/mol. The standard InChI is InChI=1S/C27H25N5O2/c1-2-24(33)32-15-5-6-20(17-32)21-12-14-29-26-25(21)22(16-30-26)18-8-10-19(11-9-18)27(34)31-23-7-3-4-13-28-23/h2-4,7-14,16,20H,1,5-6,15,17H2,(H,29,30)(H,28,31,34). The third-order valence-corrected chi connectivity index (χ3v) is 6.32. The second kappa shape index (κ2) is 9.31. The van der Waals surface area contributed by atoms with Crippen LogP contribution in [-0.2, 0) is 4.79 Å². The highest BCUT2D eigenvalue weighted by Gasteiger charge is 2.26. The van der Waals surface area contributed by atoms with Crippen molar-refractivity contribution < 1.29 is 9.59 Å². The van der Waals surface area contributed by atoms with Crippen LogP contribution in [0.1, 0.15) is 34.7 Å². The van der Waals surface area contributed by atoms with E-state index in [-0.39, 0.29) is 17.7 Å². The minimum atomic E-state index is -0.208. The fourth-order valence-corrected chi connectivity index (χ4v) is 4.64. The molecule has 0 aliphatic carbocycles. The maximum atomic E-state index is 12.6. The predicted octanol–water partition coefficient (Wildman–Crippen LogP) is 4.77. The maximum absolute atomic E-state index is 12.6. The van der Waals surface area contributed by atoms with Gasteiger partial charge in [-0.3, -0.25) is 9.59 Å². The van der Waals surface area contributed by atoms with Gasteiger partial charge >= 0.3 is 0 Å². The quantitative estimate of drug-likeness (QED) is 0.428. The van der Waals surface area contributed by atoms with Gasteiger partial charge in [-0.2, -0.15) is 0 Å². The number of piperidine rings is 1. The summed E-state index contributed by atoms with van der Waals surface area (Å²) in [7, 11) is 0. The number of fused-ring (bicyclic) bond motifs is 1. The van der Waals surface area contributed by atoms with Crippen LogP contribution in [0.3, 0.4) is 0 Å².